The Morgan fingerprint density at radius 3 is 2.75 bits per heavy atom. The molecule has 0 bridgehead atoms. The SMILES string of the molecule is Cc1cc(C(=O)NC2CCC2)c(Br)cc1F. The van der Waals surface area contributed by atoms with E-state index in [-0.39, 0.29) is 11.7 Å². The van der Waals surface area contributed by atoms with Crippen molar-refractivity contribution >= 4 is 21.8 Å². The molecule has 1 aromatic rings. The van der Waals surface area contributed by atoms with Gasteiger partial charge in [-0.05, 0) is 59.8 Å². The monoisotopic (exact) mass is 285 g/mol. The molecule has 1 fully saturated rings. The van der Waals surface area contributed by atoms with Gasteiger partial charge >= 0.3 is 0 Å². The minimum Gasteiger partial charge on any atom is -0.349 e. The number of amides is 1. The van der Waals surface area contributed by atoms with E-state index >= 15 is 0 Å². The van der Waals surface area contributed by atoms with Crippen molar-refractivity contribution in [3.63, 3.8) is 0 Å². The minimum atomic E-state index is -0.299. The predicted octanol–water partition coefficient (Wildman–Crippen LogP) is 3.18. The quantitative estimate of drug-likeness (QED) is 0.889. The number of hydrogen-bond donors (Lipinski definition) is 1. The molecule has 1 saturated carbocycles. The first-order valence-electron chi connectivity index (χ1n) is 5.34. The van der Waals surface area contributed by atoms with Crippen molar-refractivity contribution in [2.45, 2.75) is 32.2 Å². The number of rotatable bonds is 2. The third-order valence-corrected chi connectivity index (χ3v) is 3.59. The van der Waals surface area contributed by atoms with Crippen molar-refractivity contribution in [1.82, 2.24) is 5.32 Å². The molecule has 2 nitrogen and oxygen atoms in total. The van der Waals surface area contributed by atoms with E-state index < -0.39 is 0 Å². The fraction of sp³-hybridized carbons (Fsp3) is 0.417. The van der Waals surface area contributed by atoms with Gasteiger partial charge in [0.2, 0.25) is 0 Å². The lowest BCUT2D eigenvalue weighted by atomic mass is 9.93. The van der Waals surface area contributed by atoms with Crippen molar-refractivity contribution in [3.8, 4) is 0 Å². The van der Waals surface area contributed by atoms with E-state index in [1.807, 2.05) is 0 Å². The Kier molecular flexibility index (Phi) is 3.28. The lowest BCUT2D eigenvalue weighted by Gasteiger charge is -2.26. The second-order valence-corrected chi connectivity index (χ2v) is 5.04. The summed E-state index contributed by atoms with van der Waals surface area (Å²) in [4.78, 5) is 11.9. The molecule has 1 amide bonds. The highest BCUT2D eigenvalue weighted by molar-refractivity contribution is 9.10. The van der Waals surface area contributed by atoms with Crippen LogP contribution in [0.2, 0.25) is 0 Å². The van der Waals surface area contributed by atoms with Crippen molar-refractivity contribution < 1.29 is 9.18 Å². The third kappa shape index (κ3) is 2.26. The van der Waals surface area contributed by atoms with E-state index in [1.165, 1.54) is 12.5 Å². The molecule has 1 aliphatic carbocycles. The van der Waals surface area contributed by atoms with Gasteiger partial charge in [-0.3, -0.25) is 4.79 Å². The van der Waals surface area contributed by atoms with Crippen LogP contribution in [0.3, 0.4) is 0 Å². The van der Waals surface area contributed by atoms with Crippen LogP contribution in [0.5, 0.6) is 0 Å². The maximum atomic E-state index is 13.2. The summed E-state index contributed by atoms with van der Waals surface area (Å²) in [5.74, 6) is -0.424. The number of benzene rings is 1. The molecular weight excluding hydrogens is 273 g/mol. The Hall–Kier alpha value is -0.900. The van der Waals surface area contributed by atoms with Crippen LogP contribution in [0.1, 0.15) is 35.2 Å². The molecule has 16 heavy (non-hydrogen) atoms. The van der Waals surface area contributed by atoms with Gasteiger partial charge in [0.05, 0.1) is 5.56 Å². The normalized spacial score (nSPS) is 15.7. The summed E-state index contributed by atoms with van der Waals surface area (Å²) >= 11 is 3.21. The van der Waals surface area contributed by atoms with E-state index in [2.05, 4.69) is 21.2 Å². The Labute approximate surface area is 102 Å². The van der Waals surface area contributed by atoms with Gasteiger partial charge in [-0.1, -0.05) is 0 Å². The summed E-state index contributed by atoms with van der Waals surface area (Å²) in [5.41, 5.74) is 0.993. The van der Waals surface area contributed by atoms with Crippen LogP contribution in [0, 0.1) is 12.7 Å². The van der Waals surface area contributed by atoms with E-state index in [9.17, 15) is 9.18 Å². The molecule has 0 spiro atoms. The Balaban J connectivity index is 2.18. The zero-order valence-electron chi connectivity index (χ0n) is 9.02. The highest BCUT2D eigenvalue weighted by Gasteiger charge is 2.21. The zero-order chi connectivity index (χ0) is 11.7. The van der Waals surface area contributed by atoms with Crippen LogP contribution in [0.25, 0.3) is 0 Å². The molecule has 2 rings (SSSR count). The molecule has 0 heterocycles. The van der Waals surface area contributed by atoms with E-state index in [1.54, 1.807) is 13.0 Å². The van der Waals surface area contributed by atoms with Gasteiger partial charge in [0.1, 0.15) is 5.82 Å². The summed E-state index contributed by atoms with van der Waals surface area (Å²) in [7, 11) is 0. The smallest absolute Gasteiger partial charge is 0.252 e. The largest absolute Gasteiger partial charge is 0.349 e. The van der Waals surface area contributed by atoms with Crippen molar-refractivity contribution in [2.75, 3.05) is 0 Å². The Morgan fingerprint density at radius 1 is 1.50 bits per heavy atom. The fourth-order valence-corrected chi connectivity index (χ4v) is 2.14. The molecule has 0 unspecified atom stereocenters. The van der Waals surface area contributed by atoms with Crippen molar-refractivity contribution in [1.29, 1.82) is 0 Å². The number of carbonyl (C=O) groups is 1. The van der Waals surface area contributed by atoms with E-state index in [0.717, 1.165) is 12.8 Å². The first-order chi connectivity index (χ1) is 7.58. The maximum Gasteiger partial charge on any atom is 0.252 e. The summed E-state index contributed by atoms with van der Waals surface area (Å²) < 4.78 is 13.7. The van der Waals surface area contributed by atoms with Crippen molar-refractivity contribution in [2.24, 2.45) is 0 Å². The summed E-state index contributed by atoms with van der Waals surface area (Å²) in [5, 5.41) is 2.93. The third-order valence-electron chi connectivity index (χ3n) is 2.93. The number of hydrogen-bond acceptors (Lipinski definition) is 1. The highest BCUT2D eigenvalue weighted by atomic mass is 79.9. The van der Waals surface area contributed by atoms with Gasteiger partial charge in [0.15, 0.2) is 0 Å². The number of carbonyl (C=O) groups excluding carboxylic acids is 1. The van der Waals surface area contributed by atoms with Gasteiger partial charge in [0, 0.05) is 10.5 Å². The molecule has 0 aromatic heterocycles. The van der Waals surface area contributed by atoms with Gasteiger partial charge in [0.25, 0.3) is 5.91 Å². The second kappa shape index (κ2) is 4.53. The van der Waals surface area contributed by atoms with Gasteiger partial charge in [-0.2, -0.15) is 0 Å². The average molecular weight is 286 g/mol. The van der Waals surface area contributed by atoms with Crippen LogP contribution in [0.15, 0.2) is 16.6 Å². The van der Waals surface area contributed by atoms with E-state index in [4.69, 9.17) is 0 Å². The first-order valence-corrected chi connectivity index (χ1v) is 6.13. The van der Waals surface area contributed by atoms with Crippen LogP contribution < -0.4 is 5.32 Å². The topological polar surface area (TPSA) is 29.1 Å². The molecule has 0 saturated heterocycles. The highest BCUT2D eigenvalue weighted by Crippen LogP contribution is 2.23. The lowest BCUT2D eigenvalue weighted by Crippen LogP contribution is -2.39. The second-order valence-electron chi connectivity index (χ2n) is 4.18. The molecule has 1 aliphatic rings. The zero-order valence-corrected chi connectivity index (χ0v) is 10.6. The summed E-state index contributed by atoms with van der Waals surface area (Å²) in [6.45, 7) is 1.65. The standard InChI is InChI=1S/C12H13BrFNO/c1-7-5-9(10(13)6-11(7)14)12(16)15-8-3-2-4-8/h5-6,8H,2-4H2,1H3,(H,15,16). The molecule has 86 valence electrons. The summed E-state index contributed by atoms with van der Waals surface area (Å²) in [6.07, 6.45) is 3.27. The predicted molar refractivity (Wildman–Crippen MR) is 63.9 cm³/mol. The molecule has 4 heteroatoms. The van der Waals surface area contributed by atoms with E-state index in [0.29, 0.717) is 21.6 Å². The van der Waals surface area contributed by atoms with Gasteiger partial charge in [-0.25, -0.2) is 4.39 Å². The molecular formula is C12H13BrFNO. The molecule has 1 aromatic carbocycles. The number of halogens is 2. The minimum absolute atomic E-state index is 0.125. The first kappa shape index (κ1) is 11.6. The molecule has 0 atom stereocenters. The molecule has 0 aliphatic heterocycles. The lowest BCUT2D eigenvalue weighted by molar-refractivity contribution is 0.0916. The van der Waals surface area contributed by atoms with Crippen molar-refractivity contribution in [3.05, 3.63) is 33.5 Å². The molecule has 0 radical (unpaired) electrons. The fourth-order valence-electron chi connectivity index (χ4n) is 1.65. The van der Waals surface area contributed by atoms with Gasteiger partial charge < -0.3 is 5.32 Å². The van der Waals surface area contributed by atoms with Gasteiger partial charge in [-0.15, -0.1) is 0 Å². The Bertz CT molecular complexity index is 429. The molecule has 1 N–H and O–H groups in total. The number of aryl methyl sites for hydroxylation is 1. The Morgan fingerprint density at radius 2 is 2.19 bits per heavy atom. The van der Waals surface area contributed by atoms with Crippen LogP contribution in [0.4, 0.5) is 4.39 Å². The number of nitrogens with one attached hydrogen (secondary N) is 1. The van der Waals surface area contributed by atoms with Crippen LogP contribution >= 0.6 is 15.9 Å². The van der Waals surface area contributed by atoms with Crippen LogP contribution in [-0.4, -0.2) is 11.9 Å². The summed E-state index contributed by atoms with van der Waals surface area (Å²) in [6, 6.07) is 3.21. The maximum absolute atomic E-state index is 13.2. The van der Waals surface area contributed by atoms with Crippen LogP contribution in [-0.2, 0) is 0 Å². The average Bonchev–Trinajstić information content (AvgIpc) is 2.17.